The Morgan fingerprint density at radius 3 is 3.16 bits per heavy atom. The fourth-order valence-electron chi connectivity index (χ4n) is 2.17. The van der Waals surface area contributed by atoms with Crippen LogP contribution in [0.1, 0.15) is 29.6 Å². The van der Waals surface area contributed by atoms with Gasteiger partial charge >= 0.3 is 0 Å². The second-order valence-corrected chi connectivity index (χ2v) is 4.62. The van der Waals surface area contributed by atoms with Gasteiger partial charge in [-0.2, -0.15) is 0 Å². The number of amides is 1. The van der Waals surface area contributed by atoms with Crippen LogP contribution in [0.3, 0.4) is 0 Å². The minimum Gasteiger partial charge on any atom is -0.361 e. The second-order valence-electron chi connectivity index (χ2n) is 4.62. The number of carbonyl (C=O) groups excluding carboxylic acids is 1. The number of aromatic amines is 1. The van der Waals surface area contributed by atoms with Crippen molar-refractivity contribution in [2.24, 2.45) is 0 Å². The largest absolute Gasteiger partial charge is 0.361 e. The highest BCUT2D eigenvalue weighted by molar-refractivity contribution is 5.97. The number of hydrogen-bond donors (Lipinski definition) is 2. The molecule has 1 unspecified atom stereocenters. The molecule has 2 N–H and O–H groups in total. The van der Waals surface area contributed by atoms with Gasteiger partial charge in [0.15, 0.2) is 6.29 Å². The zero-order valence-corrected chi connectivity index (χ0v) is 10.5. The Balaban J connectivity index is 1.62. The molecule has 5 nitrogen and oxygen atoms in total. The molecule has 1 amide bonds. The normalized spacial score (nSPS) is 19.5. The molecule has 0 bridgehead atoms. The summed E-state index contributed by atoms with van der Waals surface area (Å²) in [4.78, 5) is 20.3. The van der Waals surface area contributed by atoms with Gasteiger partial charge < -0.3 is 9.72 Å². The van der Waals surface area contributed by atoms with Crippen molar-refractivity contribution in [3.63, 3.8) is 0 Å². The standard InChI is InChI=1S/C14H16N2O3/c17-14(16-19-13-3-1-2-8-18-13)11-5-4-10-6-7-15-12(10)9-11/h4-7,9,13,15H,1-3,8H2,(H,16,17). The molecule has 0 saturated carbocycles. The van der Waals surface area contributed by atoms with Gasteiger partial charge in [0, 0.05) is 30.3 Å². The minimum atomic E-state index is -0.327. The molecule has 0 spiro atoms. The molecule has 5 heteroatoms. The second kappa shape index (κ2) is 5.42. The molecule has 19 heavy (non-hydrogen) atoms. The van der Waals surface area contributed by atoms with Gasteiger partial charge in [0.05, 0.1) is 0 Å². The number of H-pyrrole nitrogens is 1. The van der Waals surface area contributed by atoms with Crippen LogP contribution in [0.25, 0.3) is 10.9 Å². The van der Waals surface area contributed by atoms with Gasteiger partial charge in [-0.1, -0.05) is 6.07 Å². The number of hydroxylamine groups is 1. The number of aromatic nitrogens is 1. The Kier molecular flexibility index (Phi) is 3.48. The molecule has 1 aliphatic heterocycles. The summed E-state index contributed by atoms with van der Waals surface area (Å²) in [5.41, 5.74) is 3.94. The van der Waals surface area contributed by atoms with Crippen molar-refractivity contribution < 1.29 is 14.4 Å². The zero-order chi connectivity index (χ0) is 13.1. The number of benzene rings is 1. The van der Waals surface area contributed by atoms with E-state index < -0.39 is 0 Å². The summed E-state index contributed by atoms with van der Waals surface area (Å²) in [6, 6.07) is 7.44. The van der Waals surface area contributed by atoms with E-state index in [4.69, 9.17) is 9.57 Å². The van der Waals surface area contributed by atoms with Gasteiger partial charge in [-0.25, -0.2) is 10.3 Å². The molecular weight excluding hydrogens is 244 g/mol. The molecule has 1 aromatic carbocycles. The predicted octanol–water partition coefficient (Wildman–Crippen LogP) is 2.36. The maximum absolute atomic E-state index is 11.9. The molecule has 0 radical (unpaired) electrons. The van der Waals surface area contributed by atoms with Crippen molar-refractivity contribution >= 4 is 16.8 Å². The van der Waals surface area contributed by atoms with Crippen molar-refractivity contribution in [3.05, 3.63) is 36.0 Å². The van der Waals surface area contributed by atoms with Gasteiger partial charge in [-0.15, -0.1) is 0 Å². The van der Waals surface area contributed by atoms with Crippen LogP contribution in [-0.2, 0) is 9.57 Å². The number of carbonyl (C=O) groups is 1. The van der Waals surface area contributed by atoms with E-state index in [1.807, 2.05) is 18.3 Å². The van der Waals surface area contributed by atoms with E-state index in [0.717, 1.165) is 30.2 Å². The smallest absolute Gasteiger partial charge is 0.275 e. The first-order chi connectivity index (χ1) is 9.33. The van der Waals surface area contributed by atoms with Crippen molar-refractivity contribution in [1.29, 1.82) is 0 Å². The summed E-state index contributed by atoms with van der Waals surface area (Å²) in [7, 11) is 0. The van der Waals surface area contributed by atoms with Gasteiger partial charge in [0.25, 0.3) is 5.91 Å². The SMILES string of the molecule is O=C(NOC1CCCCO1)c1ccc2cc[nH]c2c1. The molecule has 2 heterocycles. The molecule has 1 atom stereocenters. The summed E-state index contributed by atoms with van der Waals surface area (Å²) in [5.74, 6) is -0.259. The fraction of sp³-hybridized carbons (Fsp3) is 0.357. The van der Waals surface area contributed by atoms with Crippen LogP contribution in [0.5, 0.6) is 0 Å². The maximum Gasteiger partial charge on any atom is 0.275 e. The van der Waals surface area contributed by atoms with E-state index in [0.29, 0.717) is 12.2 Å². The van der Waals surface area contributed by atoms with Crippen LogP contribution in [0.15, 0.2) is 30.5 Å². The van der Waals surface area contributed by atoms with Gasteiger partial charge in [0.1, 0.15) is 0 Å². The fourth-order valence-corrected chi connectivity index (χ4v) is 2.17. The Morgan fingerprint density at radius 2 is 2.32 bits per heavy atom. The highest BCUT2D eigenvalue weighted by Crippen LogP contribution is 2.15. The molecule has 0 aliphatic carbocycles. The van der Waals surface area contributed by atoms with E-state index in [9.17, 15) is 4.79 Å². The third-order valence-electron chi connectivity index (χ3n) is 3.24. The minimum absolute atomic E-state index is 0.259. The highest BCUT2D eigenvalue weighted by atomic mass is 16.8. The predicted molar refractivity (Wildman–Crippen MR) is 70.4 cm³/mol. The summed E-state index contributed by atoms with van der Waals surface area (Å²) in [6.07, 6.45) is 4.45. The third-order valence-corrected chi connectivity index (χ3v) is 3.24. The van der Waals surface area contributed by atoms with E-state index >= 15 is 0 Å². The summed E-state index contributed by atoms with van der Waals surface area (Å²) in [6.45, 7) is 0.689. The molecule has 1 aromatic heterocycles. The summed E-state index contributed by atoms with van der Waals surface area (Å²) in [5, 5.41) is 1.08. The summed E-state index contributed by atoms with van der Waals surface area (Å²) < 4.78 is 5.38. The first-order valence-electron chi connectivity index (χ1n) is 6.48. The molecule has 1 saturated heterocycles. The average molecular weight is 260 g/mol. The Bertz CT molecular complexity index is 573. The molecular formula is C14H16N2O3. The van der Waals surface area contributed by atoms with E-state index in [1.54, 1.807) is 12.1 Å². The van der Waals surface area contributed by atoms with Crippen molar-refractivity contribution in [1.82, 2.24) is 10.5 Å². The highest BCUT2D eigenvalue weighted by Gasteiger charge is 2.16. The first kappa shape index (κ1) is 12.2. The lowest BCUT2D eigenvalue weighted by molar-refractivity contribution is -0.186. The molecule has 1 fully saturated rings. The van der Waals surface area contributed by atoms with Crippen LogP contribution >= 0.6 is 0 Å². The number of hydrogen-bond acceptors (Lipinski definition) is 3. The van der Waals surface area contributed by atoms with E-state index in [2.05, 4.69) is 10.5 Å². The van der Waals surface area contributed by atoms with Crippen LogP contribution in [0.4, 0.5) is 0 Å². The number of ether oxygens (including phenoxy) is 1. The van der Waals surface area contributed by atoms with E-state index in [-0.39, 0.29) is 12.2 Å². The Labute approximate surface area is 110 Å². The molecule has 3 rings (SSSR count). The number of fused-ring (bicyclic) bond motifs is 1. The quantitative estimate of drug-likeness (QED) is 0.833. The summed E-state index contributed by atoms with van der Waals surface area (Å²) >= 11 is 0. The van der Waals surface area contributed by atoms with Crippen molar-refractivity contribution in [2.45, 2.75) is 25.6 Å². The maximum atomic E-state index is 11.9. The topological polar surface area (TPSA) is 63.4 Å². The number of nitrogens with one attached hydrogen (secondary N) is 2. The van der Waals surface area contributed by atoms with Crippen LogP contribution in [-0.4, -0.2) is 23.8 Å². The van der Waals surface area contributed by atoms with Crippen LogP contribution in [0, 0.1) is 0 Å². The molecule has 1 aliphatic rings. The van der Waals surface area contributed by atoms with E-state index in [1.165, 1.54) is 0 Å². The number of rotatable bonds is 3. The van der Waals surface area contributed by atoms with Crippen molar-refractivity contribution in [2.75, 3.05) is 6.61 Å². The Hall–Kier alpha value is -1.85. The van der Waals surface area contributed by atoms with Crippen LogP contribution < -0.4 is 5.48 Å². The van der Waals surface area contributed by atoms with Gasteiger partial charge in [-0.3, -0.25) is 4.79 Å². The van der Waals surface area contributed by atoms with Crippen LogP contribution in [0.2, 0.25) is 0 Å². The monoisotopic (exact) mass is 260 g/mol. The lowest BCUT2D eigenvalue weighted by atomic mass is 10.1. The first-order valence-corrected chi connectivity index (χ1v) is 6.48. The third kappa shape index (κ3) is 2.77. The lowest BCUT2D eigenvalue weighted by Gasteiger charge is -2.22. The zero-order valence-electron chi connectivity index (χ0n) is 10.5. The van der Waals surface area contributed by atoms with Gasteiger partial charge in [-0.05, 0) is 36.4 Å². The lowest BCUT2D eigenvalue weighted by Crippen LogP contribution is -2.33. The Morgan fingerprint density at radius 1 is 1.37 bits per heavy atom. The molecule has 100 valence electrons. The molecule has 2 aromatic rings. The van der Waals surface area contributed by atoms with Gasteiger partial charge in [0.2, 0.25) is 0 Å². The average Bonchev–Trinajstić information content (AvgIpc) is 2.93. The van der Waals surface area contributed by atoms with Crippen molar-refractivity contribution in [3.8, 4) is 0 Å².